The maximum Gasteiger partial charge on any atom is 0.245 e. The Balaban J connectivity index is 1.60. The van der Waals surface area contributed by atoms with Crippen LogP contribution in [0.1, 0.15) is 27.2 Å². The molecule has 0 atom stereocenters. The second kappa shape index (κ2) is 8.51. The number of ether oxygens (including phenoxy) is 1. The van der Waals surface area contributed by atoms with Crippen LogP contribution in [-0.2, 0) is 14.4 Å². The van der Waals surface area contributed by atoms with Gasteiger partial charge < -0.3 is 10.1 Å². The number of amides is 1. The zero-order valence-electron chi connectivity index (χ0n) is 14.2. The highest BCUT2D eigenvalue weighted by molar-refractivity contribution is 5.75. The molecular formula is C16H23N5O3. The van der Waals surface area contributed by atoms with Gasteiger partial charge in [-0.1, -0.05) is 12.1 Å². The summed E-state index contributed by atoms with van der Waals surface area (Å²) in [4.78, 5) is 21.0. The molecule has 130 valence electrons. The Morgan fingerprint density at radius 3 is 2.62 bits per heavy atom. The number of carbonyl (C=O) groups excluding carboxylic acids is 1. The van der Waals surface area contributed by atoms with Gasteiger partial charge in [-0.05, 0) is 32.9 Å². The summed E-state index contributed by atoms with van der Waals surface area (Å²) in [5.74, 6) is 0.244. The van der Waals surface area contributed by atoms with E-state index in [2.05, 4.69) is 26.0 Å². The third kappa shape index (κ3) is 6.43. The molecule has 0 aliphatic rings. The fourth-order valence-electron chi connectivity index (χ4n) is 1.72. The third-order valence-electron chi connectivity index (χ3n) is 2.83. The summed E-state index contributed by atoms with van der Waals surface area (Å²) in [6.45, 7) is 6.86. The van der Waals surface area contributed by atoms with Gasteiger partial charge in [0, 0.05) is 6.54 Å². The number of hydrogen-bond donors (Lipinski definition) is 2. The fourth-order valence-corrected chi connectivity index (χ4v) is 1.72. The van der Waals surface area contributed by atoms with Crippen molar-refractivity contribution in [3.63, 3.8) is 0 Å². The Labute approximate surface area is 140 Å². The lowest BCUT2D eigenvalue weighted by Crippen LogP contribution is -2.34. The first kappa shape index (κ1) is 18.0. The predicted molar refractivity (Wildman–Crippen MR) is 90.2 cm³/mol. The number of aromatic nitrogens is 3. The van der Waals surface area contributed by atoms with E-state index in [0.29, 0.717) is 25.7 Å². The summed E-state index contributed by atoms with van der Waals surface area (Å²) >= 11 is 0. The van der Waals surface area contributed by atoms with Crippen LogP contribution in [0, 0.1) is 0 Å². The Morgan fingerprint density at radius 2 is 1.88 bits per heavy atom. The van der Waals surface area contributed by atoms with E-state index in [-0.39, 0.29) is 12.3 Å². The molecule has 0 aliphatic carbocycles. The zero-order valence-corrected chi connectivity index (χ0v) is 14.2. The molecule has 2 aromatic rings. The molecule has 8 nitrogen and oxygen atoms in total. The molecule has 0 radical (unpaired) electrons. The van der Waals surface area contributed by atoms with Crippen LogP contribution in [0.5, 0.6) is 0 Å². The van der Waals surface area contributed by atoms with Gasteiger partial charge in [0.2, 0.25) is 11.9 Å². The monoisotopic (exact) mass is 333 g/mol. The number of hydrogen-bond acceptors (Lipinski definition) is 7. The summed E-state index contributed by atoms with van der Waals surface area (Å²) in [5, 5.41) is 11.1. The summed E-state index contributed by atoms with van der Waals surface area (Å²) in [7, 11) is 0. The van der Waals surface area contributed by atoms with Crippen molar-refractivity contribution in [2.75, 3.05) is 25.1 Å². The molecule has 0 saturated heterocycles. The highest BCUT2D eigenvalue weighted by Crippen LogP contribution is 2.08. The van der Waals surface area contributed by atoms with Gasteiger partial charge in [-0.25, -0.2) is 10.5 Å². The second-order valence-corrected chi connectivity index (χ2v) is 6.15. The molecular weight excluding hydrogens is 310 g/mol. The quantitative estimate of drug-likeness (QED) is 0.560. The molecule has 2 rings (SSSR count). The zero-order chi connectivity index (χ0) is 17.4. The Morgan fingerprint density at radius 1 is 1.12 bits per heavy atom. The molecule has 0 spiro atoms. The van der Waals surface area contributed by atoms with Gasteiger partial charge in [0.05, 0.1) is 30.8 Å². The predicted octanol–water partition coefficient (Wildman–Crippen LogP) is 1.69. The first-order valence-corrected chi connectivity index (χ1v) is 7.82. The van der Waals surface area contributed by atoms with Crippen LogP contribution in [0.25, 0.3) is 11.0 Å². The van der Waals surface area contributed by atoms with Crippen LogP contribution >= 0.6 is 0 Å². The average Bonchev–Trinajstić information content (AvgIpc) is 2.55. The van der Waals surface area contributed by atoms with E-state index in [1.165, 1.54) is 0 Å². The molecule has 0 aliphatic heterocycles. The third-order valence-corrected chi connectivity index (χ3v) is 2.83. The maximum absolute atomic E-state index is 11.5. The standard InChI is InChI=1S/C16H23N5O3/c1-16(2,3)24-21-14(22)8-10-23-11-9-17-15-18-12-6-4-5-7-13(12)19-20-15/h4-7H,8-11H2,1-3H3,(H,21,22)(H,17,18,20). The molecule has 8 heteroatoms. The SMILES string of the molecule is CC(C)(C)ONC(=O)CCOCCNc1nnc2ccccc2n1. The first-order valence-electron chi connectivity index (χ1n) is 7.82. The van der Waals surface area contributed by atoms with E-state index in [1.807, 2.05) is 45.0 Å². The van der Waals surface area contributed by atoms with Gasteiger partial charge in [0.25, 0.3) is 0 Å². The van der Waals surface area contributed by atoms with Crippen LogP contribution in [0.15, 0.2) is 24.3 Å². The number of nitrogens with one attached hydrogen (secondary N) is 2. The van der Waals surface area contributed by atoms with Crippen molar-refractivity contribution >= 4 is 22.9 Å². The van der Waals surface area contributed by atoms with Crippen molar-refractivity contribution < 1.29 is 14.4 Å². The lowest BCUT2D eigenvalue weighted by molar-refractivity contribution is -0.146. The minimum Gasteiger partial charge on any atom is -0.379 e. The number of hydroxylamine groups is 1. The molecule has 2 N–H and O–H groups in total. The van der Waals surface area contributed by atoms with E-state index in [9.17, 15) is 4.79 Å². The van der Waals surface area contributed by atoms with Crippen LogP contribution in [0.2, 0.25) is 0 Å². The molecule has 0 unspecified atom stereocenters. The Kier molecular flexibility index (Phi) is 6.39. The number of para-hydroxylation sites is 1. The van der Waals surface area contributed by atoms with Crippen LogP contribution in [0.4, 0.5) is 5.95 Å². The van der Waals surface area contributed by atoms with Crippen LogP contribution in [-0.4, -0.2) is 46.4 Å². The number of rotatable bonds is 8. The molecule has 24 heavy (non-hydrogen) atoms. The number of nitrogens with zero attached hydrogens (tertiary/aromatic N) is 3. The molecule has 0 fully saturated rings. The number of carbonyl (C=O) groups is 1. The largest absolute Gasteiger partial charge is 0.379 e. The summed E-state index contributed by atoms with van der Waals surface area (Å²) in [5.41, 5.74) is 3.52. The van der Waals surface area contributed by atoms with Crippen molar-refractivity contribution in [3.05, 3.63) is 24.3 Å². The van der Waals surface area contributed by atoms with Crippen molar-refractivity contribution in [2.24, 2.45) is 0 Å². The number of fused-ring (bicyclic) bond motifs is 1. The van der Waals surface area contributed by atoms with Gasteiger partial charge in [-0.15, -0.1) is 10.2 Å². The summed E-state index contributed by atoms with van der Waals surface area (Å²) in [6.07, 6.45) is 0.240. The van der Waals surface area contributed by atoms with E-state index in [1.54, 1.807) is 0 Å². The number of benzene rings is 1. The van der Waals surface area contributed by atoms with Gasteiger partial charge in [0.1, 0.15) is 5.52 Å². The molecule has 1 amide bonds. The molecule has 0 bridgehead atoms. The second-order valence-electron chi connectivity index (χ2n) is 6.15. The van der Waals surface area contributed by atoms with E-state index in [0.717, 1.165) is 11.0 Å². The van der Waals surface area contributed by atoms with Gasteiger partial charge in [-0.2, -0.15) is 0 Å². The summed E-state index contributed by atoms with van der Waals surface area (Å²) in [6, 6.07) is 7.53. The van der Waals surface area contributed by atoms with Crippen molar-refractivity contribution in [2.45, 2.75) is 32.8 Å². The normalized spacial score (nSPS) is 11.5. The van der Waals surface area contributed by atoms with E-state index in [4.69, 9.17) is 9.57 Å². The highest BCUT2D eigenvalue weighted by Gasteiger charge is 2.12. The van der Waals surface area contributed by atoms with E-state index >= 15 is 0 Å². The highest BCUT2D eigenvalue weighted by atomic mass is 16.7. The maximum atomic E-state index is 11.5. The molecule has 1 aromatic heterocycles. The van der Waals surface area contributed by atoms with Gasteiger partial charge in [0.15, 0.2) is 0 Å². The Bertz CT molecular complexity index is 672. The minimum atomic E-state index is -0.408. The smallest absolute Gasteiger partial charge is 0.245 e. The Hall–Kier alpha value is -2.32. The van der Waals surface area contributed by atoms with Gasteiger partial charge >= 0.3 is 0 Å². The number of anilines is 1. The molecule has 0 saturated carbocycles. The van der Waals surface area contributed by atoms with Gasteiger partial charge in [-0.3, -0.25) is 9.63 Å². The first-order chi connectivity index (χ1) is 11.4. The lowest BCUT2D eigenvalue weighted by Gasteiger charge is -2.18. The van der Waals surface area contributed by atoms with Crippen molar-refractivity contribution in [3.8, 4) is 0 Å². The molecule has 1 aromatic carbocycles. The van der Waals surface area contributed by atoms with E-state index < -0.39 is 5.60 Å². The average molecular weight is 333 g/mol. The lowest BCUT2D eigenvalue weighted by atomic mass is 10.2. The minimum absolute atomic E-state index is 0.208. The van der Waals surface area contributed by atoms with Crippen LogP contribution in [0.3, 0.4) is 0 Å². The van der Waals surface area contributed by atoms with Crippen LogP contribution < -0.4 is 10.8 Å². The fraction of sp³-hybridized carbons (Fsp3) is 0.500. The van der Waals surface area contributed by atoms with Crippen molar-refractivity contribution in [1.82, 2.24) is 20.7 Å². The topological polar surface area (TPSA) is 98.3 Å². The summed E-state index contributed by atoms with van der Waals surface area (Å²) < 4.78 is 5.39. The molecule has 1 heterocycles. The van der Waals surface area contributed by atoms with Crippen molar-refractivity contribution in [1.29, 1.82) is 0 Å².